The topological polar surface area (TPSA) is 40.5 Å². The van der Waals surface area contributed by atoms with Crippen LogP contribution in [-0.2, 0) is 0 Å². The molecule has 0 amide bonds. The lowest BCUT2D eigenvalue weighted by atomic mass is 10.2. The van der Waals surface area contributed by atoms with Crippen LogP contribution in [0.25, 0.3) is 0 Å². The highest BCUT2D eigenvalue weighted by Gasteiger charge is 1.89. The Hall–Kier alpha value is -1.37. The van der Waals surface area contributed by atoms with E-state index >= 15 is 0 Å². The maximum Gasteiger partial charge on any atom is 0.217 e. The fourth-order valence-electron chi connectivity index (χ4n) is 0.681. The van der Waals surface area contributed by atoms with Crippen LogP contribution in [0, 0.1) is 17.7 Å². The lowest BCUT2D eigenvalue weighted by molar-refractivity contribution is 0.0108. The Labute approximate surface area is 69.3 Å². The van der Waals surface area contributed by atoms with Crippen LogP contribution in [0.1, 0.15) is 5.56 Å². The van der Waals surface area contributed by atoms with E-state index in [0.29, 0.717) is 5.56 Å². The van der Waals surface area contributed by atoms with E-state index in [4.69, 9.17) is 10.2 Å². The van der Waals surface area contributed by atoms with Gasteiger partial charge in [-0.05, 0) is 30.2 Å². The highest BCUT2D eigenvalue weighted by Crippen LogP contribution is 2.00. The van der Waals surface area contributed by atoms with Crippen molar-refractivity contribution in [3.8, 4) is 11.8 Å². The van der Waals surface area contributed by atoms with Crippen molar-refractivity contribution in [2.45, 2.75) is 6.29 Å². The number of rotatable bonds is 0. The molecule has 1 rings (SSSR count). The summed E-state index contributed by atoms with van der Waals surface area (Å²) in [5.74, 6) is 4.23. The van der Waals surface area contributed by atoms with Crippen LogP contribution in [0.15, 0.2) is 24.3 Å². The molecule has 0 saturated carbocycles. The van der Waals surface area contributed by atoms with E-state index in [1.165, 1.54) is 24.3 Å². The summed E-state index contributed by atoms with van der Waals surface area (Å²) in [5, 5.41) is 16.8. The standard InChI is InChI=1S/C9H7FO2/c10-8-4-1-7(2-5-8)3-6-9(11)12/h1-2,4-5,9,11-12H. The van der Waals surface area contributed by atoms with Crippen LogP contribution in [0.3, 0.4) is 0 Å². The number of benzene rings is 1. The van der Waals surface area contributed by atoms with Gasteiger partial charge < -0.3 is 10.2 Å². The zero-order valence-electron chi connectivity index (χ0n) is 6.16. The second-order valence-electron chi connectivity index (χ2n) is 2.15. The average molecular weight is 166 g/mol. The summed E-state index contributed by atoms with van der Waals surface area (Å²) in [5.41, 5.74) is 0.546. The molecule has 0 saturated heterocycles. The van der Waals surface area contributed by atoms with E-state index in [1.54, 1.807) is 0 Å². The first-order valence-corrected chi connectivity index (χ1v) is 3.32. The maximum atomic E-state index is 12.3. The number of hydrogen-bond acceptors (Lipinski definition) is 2. The van der Waals surface area contributed by atoms with Crippen LogP contribution in [0.4, 0.5) is 4.39 Å². The molecular formula is C9H7FO2. The zero-order valence-corrected chi connectivity index (χ0v) is 6.16. The molecule has 0 aliphatic rings. The van der Waals surface area contributed by atoms with Crippen LogP contribution >= 0.6 is 0 Å². The van der Waals surface area contributed by atoms with E-state index in [2.05, 4.69) is 11.8 Å². The molecule has 1 aromatic carbocycles. The highest BCUT2D eigenvalue weighted by molar-refractivity contribution is 5.34. The fourth-order valence-corrected chi connectivity index (χ4v) is 0.681. The minimum absolute atomic E-state index is 0.343. The zero-order chi connectivity index (χ0) is 8.97. The predicted molar refractivity (Wildman–Crippen MR) is 41.5 cm³/mol. The molecule has 0 radical (unpaired) electrons. The van der Waals surface area contributed by atoms with Crippen LogP contribution in [-0.4, -0.2) is 16.5 Å². The summed E-state index contributed by atoms with van der Waals surface area (Å²) in [6.45, 7) is 0. The molecular weight excluding hydrogens is 159 g/mol. The normalized spacial score (nSPS) is 9.33. The third kappa shape index (κ3) is 2.70. The number of halogens is 1. The molecule has 0 aliphatic carbocycles. The minimum atomic E-state index is -1.64. The average Bonchev–Trinajstić information content (AvgIpc) is 2.03. The predicted octanol–water partition coefficient (Wildman–Crippen LogP) is 0.488. The maximum absolute atomic E-state index is 12.3. The SMILES string of the molecule is OC(O)C#Cc1ccc(F)cc1. The minimum Gasteiger partial charge on any atom is -0.358 e. The van der Waals surface area contributed by atoms with Crippen molar-refractivity contribution >= 4 is 0 Å². The Morgan fingerprint density at radius 1 is 1.17 bits per heavy atom. The molecule has 0 bridgehead atoms. The fraction of sp³-hybridized carbons (Fsp3) is 0.111. The van der Waals surface area contributed by atoms with Gasteiger partial charge in [-0.1, -0.05) is 5.92 Å². The second-order valence-corrected chi connectivity index (χ2v) is 2.15. The van der Waals surface area contributed by atoms with E-state index in [1.807, 2.05) is 0 Å². The Morgan fingerprint density at radius 3 is 2.25 bits per heavy atom. The molecule has 0 aromatic heterocycles. The quantitative estimate of drug-likeness (QED) is 0.435. The van der Waals surface area contributed by atoms with Gasteiger partial charge in [0, 0.05) is 5.56 Å². The summed E-state index contributed by atoms with van der Waals surface area (Å²) in [4.78, 5) is 0. The van der Waals surface area contributed by atoms with Crippen molar-refractivity contribution in [1.29, 1.82) is 0 Å². The van der Waals surface area contributed by atoms with Gasteiger partial charge in [-0.2, -0.15) is 0 Å². The Kier molecular flexibility index (Phi) is 2.81. The molecule has 0 unspecified atom stereocenters. The lowest BCUT2D eigenvalue weighted by Gasteiger charge is -1.90. The van der Waals surface area contributed by atoms with E-state index in [-0.39, 0.29) is 5.82 Å². The molecule has 1 aromatic rings. The van der Waals surface area contributed by atoms with Gasteiger partial charge >= 0.3 is 0 Å². The van der Waals surface area contributed by atoms with Crippen molar-refractivity contribution in [2.75, 3.05) is 0 Å². The smallest absolute Gasteiger partial charge is 0.217 e. The van der Waals surface area contributed by atoms with Gasteiger partial charge in [0.25, 0.3) is 0 Å². The third-order valence-corrected chi connectivity index (χ3v) is 1.19. The summed E-state index contributed by atoms with van der Waals surface area (Å²) in [6.07, 6.45) is -1.64. The molecule has 3 heteroatoms. The highest BCUT2D eigenvalue weighted by atomic mass is 19.1. The van der Waals surface area contributed by atoms with Crippen LogP contribution in [0.2, 0.25) is 0 Å². The van der Waals surface area contributed by atoms with Crippen molar-refractivity contribution in [3.63, 3.8) is 0 Å². The molecule has 2 N–H and O–H groups in total. The van der Waals surface area contributed by atoms with E-state index in [9.17, 15) is 4.39 Å². The van der Waals surface area contributed by atoms with Crippen molar-refractivity contribution in [2.24, 2.45) is 0 Å². The first-order chi connectivity index (χ1) is 5.68. The lowest BCUT2D eigenvalue weighted by Crippen LogP contribution is -1.98. The molecule has 0 fully saturated rings. The van der Waals surface area contributed by atoms with Crippen molar-refractivity contribution in [1.82, 2.24) is 0 Å². The number of hydrogen-bond donors (Lipinski definition) is 2. The van der Waals surface area contributed by atoms with Crippen LogP contribution < -0.4 is 0 Å². The summed E-state index contributed by atoms with van der Waals surface area (Å²) in [6, 6.07) is 5.44. The van der Waals surface area contributed by atoms with Gasteiger partial charge in [0.15, 0.2) is 0 Å². The second kappa shape index (κ2) is 3.86. The number of aliphatic hydroxyl groups excluding tert-OH is 1. The van der Waals surface area contributed by atoms with Gasteiger partial charge in [-0.3, -0.25) is 0 Å². The summed E-state index contributed by atoms with van der Waals surface area (Å²) >= 11 is 0. The Balaban J connectivity index is 2.79. The summed E-state index contributed by atoms with van der Waals surface area (Å²) < 4.78 is 12.3. The van der Waals surface area contributed by atoms with Crippen molar-refractivity contribution in [3.05, 3.63) is 35.6 Å². The molecule has 62 valence electrons. The molecule has 0 atom stereocenters. The molecule has 12 heavy (non-hydrogen) atoms. The first-order valence-electron chi connectivity index (χ1n) is 3.32. The largest absolute Gasteiger partial charge is 0.358 e. The van der Waals surface area contributed by atoms with Gasteiger partial charge in [-0.15, -0.1) is 0 Å². The molecule has 0 heterocycles. The van der Waals surface area contributed by atoms with E-state index < -0.39 is 6.29 Å². The van der Waals surface area contributed by atoms with Gasteiger partial charge in [0.05, 0.1) is 0 Å². The first kappa shape index (κ1) is 8.72. The Bertz CT molecular complexity index is 306. The monoisotopic (exact) mass is 166 g/mol. The van der Waals surface area contributed by atoms with Gasteiger partial charge in [-0.25, -0.2) is 4.39 Å². The van der Waals surface area contributed by atoms with Gasteiger partial charge in [0.1, 0.15) is 5.82 Å². The summed E-state index contributed by atoms with van der Waals surface area (Å²) in [7, 11) is 0. The van der Waals surface area contributed by atoms with Gasteiger partial charge in [0.2, 0.25) is 6.29 Å². The van der Waals surface area contributed by atoms with Crippen LogP contribution in [0.5, 0.6) is 0 Å². The Morgan fingerprint density at radius 2 is 1.75 bits per heavy atom. The molecule has 0 aliphatic heterocycles. The molecule has 0 spiro atoms. The third-order valence-electron chi connectivity index (χ3n) is 1.19. The number of aliphatic hydroxyl groups is 2. The molecule has 2 nitrogen and oxygen atoms in total. The van der Waals surface area contributed by atoms with Crippen molar-refractivity contribution < 1.29 is 14.6 Å². The van der Waals surface area contributed by atoms with E-state index in [0.717, 1.165) is 0 Å².